The number of aryl methyl sites for hydroxylation is 1. The molecule has 0 amide bonds. The minimum absolute atomic E-state index is 0.258. The van der Waals surface area contributed by atoms with Crippen LogP contribution in [0.4, 0.5) is 0 Å². The predicted octanol–water partition coefficient (Wildman–Crippen LogP) is 4.86. The van der Waals surface area contributed by atoms with E-state index >= 15 is 0 Å². The zero-order chi connectivity index (χ0) is 17.3. The summed E-state index contributed by atoms with van der Waals surface area (Å²) < 4.78 is 28.1. The Labute approximate surface area is 150 Å². The van der Waals surface area contributed by atoms with Gasteiger partial charge < -0.3 is 0 Å². The van der Waals surface area contributed by atoms with E-state index in [1.165, 1.54) is 3.97 Å². The lowest BCUT2D eigenvalue weighted by Gasteiger charge is -2.13. The molecule has 2 aromatic carbocycles. The first-order valence-electron chi connectivity index (χ1n) is 7.34. The third kappa shape index (κ3) is 3.09. The molecule has 0 aliphatic rings. The second kappa shape index (κ2) is 6.42. The first kappa shape index (κ1) is 16.7. The molecule has 1 aromatic heterocycles. The molecule has 122 valence electrons. The summed E-state index contributed by atoms with van der Waals surface area (Å²) in [5.41, 5.74) is 3.10. The molecule has 5 heteroatoms. The third-order valence-corrected chi connectivity index (χ3v) is 6.03. The number of hydrogen-bond donors (Lipinski definition) is 0. The fraction of sp³-hybridized carbons (Fsp3) is 0.0526. The molecule has 0 saturated heterocycles. The molecular formula is C19H16BrNO2S. The van der Waals surface area contributed by atoms with Crippen LogP contribution in [0, 0.1) is 6.92 Å². The average Bonchev–Trinajstić information content (AvgIpc) is 3.06. The van der Waals surface area contributed by atoms with Crippen molar-refractivity contribution in [3.05, 3.63) is 94.7 Å². The topological polar surface area (TPSA) is 39.1 Å². The number of aromatic nitrogens is 1. The Kier molecular flexibility index (Phi) is 4.47. The van der Waals surface area contributed by atoms with Crippen molar-refractivity contribution in [1.29, 1.82) is 0 Å². The summed E-state index contributed by atoms with van der Waals surface area (Å²) in [5.74, 6) is 0. The number of benzene rings is 2. The molecule has 24 heavy (non-hydrogen) atoms. The van der Waals surface area contributed by atoms with E-state index in [0.29, 0.717) is 11.3 Å². The van der Waals surface area contributed by atoms with E-state index in [1.54, 1.807) is 42.6 Å². The summed E-state index contributed by atoms with van der Waals surface area (Å²) in [4.78, 5) is 0.258. The van der Waals surface area contributed by atoms with Gasteiger partial charge in [-0.05, 0) is 54.5 Å². The van der Waals surface area contributed by atoms with Crippen LogP contribution in [0.3, 0.4) is 0 Å². The van der Waals surface area contributed by atoms with Crippen molar-refractivity contribution in [2.45, 2.75) is 11.8 Å². The molecule has 0 N–H and O–H groups in total. The van der Waals surface area contributed by atoms with Gasteiger partial charge in [0.25, 0.3) is 10.0 Å². The van der Waals surface area contributed by atoms with Crippen LogP contribution in [0.1, 0.15) is 16.8 Å². The van der Waals surface area contributed by atoms with E-state index in [9.17, 15) is 8.42 Å². The van der Waals surface area contributed by atoms with Crippen molar-refractivity contribution in [3.8, 4) is 0 Å². The summed E-state index contributed by atoms with van der Waals surface area (Å²) in [6, 6.07) is 17.9. The van der Waals surface area contributed by atoms with Crippen LogP contribution in [-0.2, 0) is 10.0 Å². The number of rotatable bonds is 4. The lowest BCUT2D eigenvalue weighted by Crippen LogP contribution is -2.14. The summed E-state index contributed by atoms with van der Waals surface area (Å²) in [6.45, 7) is 6.00. The van der Waals surface area contributed by atoms with E-state index in [2.05, 4.69) is 22.5 Å². The Morgan fingerprint density at radius 2 is 1.62 bits per heavy atom. The van der Waals surface area contributed by atoms with Crippen molar-refractivity contribution < 1.29 is 8.42 Å². The Morgan fingerprint density at radius 1 is 1.00 bits per heavy atom. The summed E-state index contributed by atoms with van der Waals surface area (Å²) in [5, 5.41) is 0. The van der Waals surface area contributed by atoms with Crippen LogP contribution in [0.15, 0.2) is 82.8 Å². The molecule has 3 nitrogen and oxygen atoms in total. The van der Waals surface area contributed by atoms with Gasteiger partial charge in [0.05, 0.1) is 10.6 Å². The standard InChI is InChI=1S/C19H16BrNO2S/c1-14-5-11-18(12-6-14)24(22,23)21-13-3-4-19(21)15(2)16-7-9-17(20)10-8-16/h3-13H,2H2,1H3. The molecule has 0 fully saturated rings. The Bertz CT molecular complexity index is 985. The van der Waals surface area contributed by atoms with Crippen molar-refractivity contribution in [2.24, 2.45) is 0 Å². The molecular weight excluding hydrogens is 386 g/mol. The van der Waals surface area contributed by atoms with Gasteiger partial charge in [-0.15, -0.1) is 0 Å². The van der Waals surface area contributed by atoms with Crippen LogP contribution in [0.5, 0.6) is 0 Å². The third-order valence-electron chi connectivity index (χ3n) is 3.79. The van der Waals surface area contributed by atoms with Crippen molar-refractivity contribution in [3.63, 3.8) is 0 Å². The minimum Gasteiger partial charge on any atom is -0.241 e. The van der Waals surface area contributed by atoms with Crippen molar-refractivity contribution in [1.82, 2.24) is 3.97 Å². The first-order chi connectivity index (χ1) is 11.4. The number of hydrogen-bond acceptors (Lipinski definition) is 2. The Morgan fingerprint density at radius 3 is 2.25 bits per heavy atom. The molecule has 0 saturated carbocycles. The maximum Gasteiger partial charge on any atom is 0.268 e. The second-order valence-corrected chi connectivity index (χ2v) is 8.22. The smallest absolute Gasteiger partial charge is 0.241 e. The van der Waals surface area contributed by atoms with Gasteiger partial charge >= 0.3 is 0 Å². The molecule has 0 radical (unpaired) electrons. The molecule has 0 spiro atoms. The molecule has 0 unspecified atom stereocenters. The Hall–Kier alpha value is -2.11. The molecule has 0 atom stereocenters. The quantitative estimate of drug-likeness (QED) is 0.626. The van der Waals surface area contributed by atoms with Gasteiger partial charge in [0.15, 0.2) is 0 Å². The van der Waals surface area contributed by atoms with Gasteiger partial charge in [-0.3, -0.25) is 0 Å². The Balaban J connectivity index is 2.05. The maximum absolute atomic E-state index is 12.9. The fourth-order valence-electron chi connectivity index (χ4n) is 2.43. The summed E-state index contributed by atoms with van der Waals surface area (Å²) in [6.07, 6.45) is 1.55. The van der Waals surface area contributed by atoms with E-state index in [4.69, 9.17) is 0 Å². The van der Waals surface area contributed by atoms with Gasteiger partial charge in [-0.2, -0.15) is 0 Å². The van der Waals surface area contributed by atoms with Gasteiger partial charge in [0.1, 0.15) is 0 Å². The highest BCUT2D eigenvalue weighted by Gasteiger charge is 2.20. The summed E-state index contributed by atoms with van der Waals surface area (Å²) >= 11 is 3.40. The lowest BCUT2D eigenvalue weighted by atomic mass is 10.1. The van der Waals surface area contributed by atoms with Gasteiger partial charge in [0.2, 0.25) is 0 Å². The van der Waals surface area contributed by atoms with E-state index in [0.717, 1.165) is 15.6 Å². The van der Waals surface area contributed by atoms with Crippen molar-refractivity contribution in [2.75, 3.05) is 0 Å². The molecule has 3 aromatic rings. The van der Waals surface area contributed by atoms with Crippen LogP contribution in [0.2, 0.25) is 0 Å². The zero-order valence-electron chi connectivity index (χ0n) is 13.1. The van der Waals surface area contributed by atoms with E-state index in [-0.39, 0.29) is 4.90 Å². The molecule has 0 aliphatic heterocycles. The van der Waals surface area contributed by atoms with Crippen molar-refractivity contribution >= 4 is 31.5 Å². The fourth-order valence-corrected chi connectivity index (χ4v) is 4.06. The number of nitrogens with zero attached hydrogens (tertiary/aromatic N) is 1. The molecule has 1 heterocycles. The number of halogens is 1. The minimum atomic E-state index is -3.66. The normalized spacial score (nSPS) is 11.4. The summed E-state index contributed by atoms with van der Waals surface area (Å²) in [7, 11) is -3.66. The SMILES string of the molecule is C=C(c1ccc(Br)cc1)c1cccn1S(=O)(=O)c1ccc(C)cc1. The zero-order valence-corrected chi connectivity index (χ0v) is 15.5. The molecule has 0 bridgehead atoms. The highest BCUT2D eigenvalue weighted by Crippen LogP contribution is 2.26. The van der Waals surface area contributed by atoms with Gasteiger partial charge in [-0.1, -0.05) is 52.3 Å². The first-order valence-corrected chi connectivity index (χ1v) is 9.58. The van der Waals surface area contributed by atoms with Crippen LogP contribution < -0.4 is 0 Å². The predicted molar refractivity (Wildman–Crippen MR) is 100 cm³/mol. The van der Waals surface area contributed by atoms with E-state index < -0.39 is 10.0 Å². The van der Waals surface area contributed by atoms with Crippen LogP contribution in [-0.4, -0.2) is 12.4 Å². The second-order valence-electron chi connectivity index (χ2n) is 5.49. The van der Waals surface area contributed by atoms with Gasteiger partial charge in [0, 0.05) is 10.7 Å². The average molecular weight is 402 g/mol. The lowest BCUT2D eigenvalue weighted by molar-refractivity contribution is 0.587. The highest BCUT2D eigenvalue weighted by atomic mass is 79.9. The maximum atomic E-state index is 12.9. The molecule has 3 rings (SSSR count). The van der Waals surface area contributed by atoms with Gasteiger partial charge in [-0.25, -0.2) is 12.4 Å². The highest BCUT2D eigenvalue weighted by molar-refractivity contribution is 9.10. The monoisotopic (exact) mass is 401 g/mol. The molecule has 0 aliphatic carbocycles. The van der Waals surface area contributed by atoms with Crippen LogP contribution in [0.25, 0.3) is 5.57 Å². The van der Waals surface area contributed by atoms with Crippen LogP contribution >= 0.6 is 15.9 Å². The largest absolute Gasteiger partial charge is 0.268 e. The van der Waals surface area contributed by atoms with E-state index in [1.807, 2.05) is 31.2 Å².